The average molecular weight is 212 g/mol. The van der Waals surface area contributed by atoms with E-state index in [1.807, 2.05) is 11.9 Å². The van der Waals surface area contributed by atoms with Gasteiger partial charge in [-0.2, -0.15) is 0 Å². The number of rotatable bonds is 5. The third-order valence-electron chi connectivity index (χ3n) is 3.18. The standard InChI is InChI=1S/C12H24N2O/c1-3-4-5-8-12(15)14-9-6-7-11(10-14)13-2/h11,13H,3-10H2,1-2H3/t11-/m0/s1. The van der Waals surface area contributed by atoms with Crippen LogP contribution in [0.5, 0.6) is 0 Å². The molecule has 15 heavy (non-hydrogen) atoms. The Morgan fingerprint density at radius 3 is 2.93 bits per heavy atom. The molecule has 1 atom stereocenters. The third-order valence-corrected chi connectivity index (χ3v) is 3.18. The van der Waals surface area contributed by atoms with Gasteiger partial charge in [0.2, 0.25) is 5.91 Å². The highest BCUT2D eigenvalue weighted by molar-refractivity contribution is 5.76. The van der Waals surface area contributed by atoms with Crippen molar-refractivity contribution in [3.63, 3.8) is 0 Å². The number of hydrogen-bond acceptors (Lipinski definition) is 2. The molecule has 0 aromatic carbocycles. The van der Waals surface area contributed by atoms with E-state index in [4.69, 9.17) is 0 Å². The van der Waals surface area contributed by atoms with Crippen molar-refractivity contribution < 1.29 is 4.79 Å². The Labute approximate surface area is 93.2 Å². The van der Waals surface area contributed by atoms with Crippen LogP contribution in [0.25, 0.3) is 0 Å². The van der Waals surface area contributed by atoms with Crippen molar-refractivity contribution in [3.8, 4) is 0 Å². The summed E-state index contributed by atoms with van der Waals surface area (Å²) in [5.74, 6) is 0.350. The minimum Gasteiger partial charge on any atom is -0.341 e. The summed E-state index contributed by atoms with van der Waals surface area (Å²) in [4.78, 5) is 13.9. The highest BCUT2D eigenvalue weighted by Crippen LogP contribution is 2.12. The Morgan fingerprint density at radius 1 is 1.47 bits per heavy atom. The summed E-state index contributed by atoms with van der Waals surface area (Å²) in [5.41, 5.74) is 0. The highest BCUT2D eigenvalue weighted by Gasteiger charge is 2.21. The molecule has 0 aromatic rings. The van der Waals surface area contributed by atoms with Crippen LogP contribution in [0.15, 0.2) is 0 Å². The van der Waals surface area contributed by atoms with Gasteiger partial charge >= 0.3 is 0 Å². The van der Waals surface area contributed by atoms with Crippen molar-refractivity contribution in [1.29, 1.82) is 0 Å². The van der Waals surface area contributed by atoms with Crippen LogP contribution in [-0.4, -0.2) is 37.0 Å². The molecule has 1 amide bonds. The Balaban J connectivity index is 2.25. The summed E-state index contributed by atoms with van der Waals surface area (Å²) < 4.78 is 0. The van der Waals surface area contributed by atoms with Crippen molar-refractivity contribution in [1.82, 2.24) is 10.2 Å². The SMILES string of the molecule is CCCCCC(=O)N1CCC[C@H](NC)C1. The van der Waals surface area contributed by atoms with Crippen LogP contribution >= 0.6 is 0 Å². The number of unbranched alkanes of at least 4 members (excludes halogenated alkanes) is 2. The molecule has 0 aliphatic carbocycles. The molecule has 1 fully saturated rings. The molecule has 1 N–H and O–H groups in total. The molecule has 3 nitrogen and oxygen atoms in total. The van der Waals surface area contributed by atoms with Gasteiger partial charge in [0.1, 0.15) is 0 Å². The minimum absolute atomic E-state index is 0.350. The molecule has 0 bridgehead atoms. The molecule has 0 aromatic heterocycles. The predicted molar refractivity (Wildman–Crippen MR) is 62.8 cm³/mol. The van der Waals surface area contributed by atoms with Gasteiger partial charge < -0.3 is 10.2 Å². The maximum atomic E-state index is 11.8. The first-order chi connectivity index (χ1) is 7.27. The van der Waals surface area contributed by atoms with E-state index in [0.29, 0.717) is 11.9 Å². The maximum Gasteiger partial charge on any atom is 0.222 e. The van der Waals surface area contributed by atoms with Crippen molar-refractivity contribution in [3.05, 3.63) is 0 Å². The summed E-state index contributed by atoms with van der Waals surface area (Å²) >= 11 is 0. The number of likely N-dealkylation sites (N-methyl/N-ethyl adjacent to an activating group) is 1. The lowest BCUT2D eigenvalue weighted by molar-refractivity contribution is -0.132. The molecule has 1 aliphatic rings. The number of amides is 1. The van der Waals surface area contributed by atoms with Crippen LogP contribution in [0.4, 0.5) is 0 Å². The number of nitrogens with one attached hydrogen (secondary N) is 1. The number of likely N-dealkylation sites (tertiary alicyclic amines) is 1. The molecule has 88 valence electrons. The number of carbonyl (C=O) groups is 1. The van der Waals surface area contributed by atoms with Crippen molar-refractivity contribution in [2.75, 3.05) is 20.1 Å². The van der Waals surface area contributed by atoms with E-state index >= 15 is 0 Å². The summed E-state index contributed by atoms with van der Waals surface area (Å²) in [5, 5.41) is 3.26. The van der Waals surface area contributed by atoms with Gasteiger partial charge in [-0.3, -0.25) is 4.79 Å². The summed E-state index contributed by atoms with van der Waals surface area (Å²) in [6.45, 7) is 4.03. The lowest BCUT2D eigenvalue weighted by Gasteiger charge is -2.32. The second-order valence-corrected chi connectivity index (χ2v) is 4.42. The molecule has 1 rings (SSSR count). The highest BCUT2D eigenvalue weighted by atomic mass is 16.2. The van der Waals surface area contributed by atoms with E-state index in [-0.39, 0.29) is 0 Å². The summed E-state index contributed by atoms with van der Waals surface area (Å²) in [6.07, 6.45) is 6.50. The molecular weight excluding hydrogens is 188 g/mol. The van der Waals surface area contributed by atoms with E-state index in [1.165, 1.54) is 19.3 Å². The number of carbonyl (C=O) groups excluding carboxylic acids is 1. The molecule has 0 radical (unpaired) electrons. The topological polar surface area (TPSA) is 32.3 Å². The molecule has 0 saturated carbocycles. The van der Waals surface area contributed by atoms with E-state index in [2.05, 4.69) is 12.2 Å². The fourth-order valence-corrected chi connectivity index (χ4v) is 2.12. The molecule has 1 saturated heterocycles. The Kier molecular flexibility index (Phi) is 5.69. The molecular formula is C12H24N2O. The van der Waals surface area contributed by atoms with Gasteiger partial charge in [0.25, 0.3) is 0 Å². The van der Waals surface area contributed by atoms with Crippen LogP contribution in [-0.2, 0) is 4.79 Å². The van der Waals surface area contributed by atoms with Gasteiger partial charge in [-0.25, -0.2) is 0 Å². The largest absolute Gasteiger partial charge is 0.341 e. The molecule has 3 heteroatoms. The van der Waals surface area contributed by atoms with E-state index in [9.17, 15) is 4.79 Å². The Bertz CT molecular complexity index is 194. The van der Waals surface area contributed by atoms with Gasteiger partial charge in [0, 0.05) is 25.6 Å². The average Bonchev–Trinajstić information content (AvgIpc) is 2.29. The zero-order valence-electron chi connectivity index (χ0n) is 10.1. The lowest BCUT2D eigenvalue weighted by Crippen LogP contribution is -2.46. The fraction of sp³-hybridized carbons (Fsp3) is 0.917. The van der Waals surface area contributed by atoms with Gasteiger partial charge in [-0.15, -0.1) is 0 Å². The van der Waals surface area contributed by atoms with Crippen LogP contribution in [0, 0.1) is 0 Å². The minimum atomic E-state index is 0.350. The van der Waals surface area contributed by atoms with Gasteiger partial charge in [-0.1, -0.05) is 19.8 Å². The maximum absolute atomic E-state index is 11.8. The molecule has 0 unspecified atom stereocenters. The predicted octanol–water partition coefficient (Wildman–Crippen LogP) is 1.78. The zero-order chi connectivity index (χ0) is 11.1. The third kappa shape index (κ3) is 4.20. The van der Waals surface area contributed by atoms with Crippen LogP contribution in [0.1, 0.15) is 45.4 Å². The van der Waals surface area contributed by atoms with Gasteiger partial charge in [-0.05, 0) is 26.3 Å². The van der Waals surface area contributed by atoms with E-state index in [1.54, 1.807) is 0 Å². The number of hydrogen-bond donors (Lipinski definition) is 1. The second-order valence-electron chi connectivity index (χ2n) is 4.42. The van der Waals surface area contributed by atoms with Crippen molar-refractivity contribution in [2.24, 2.45) is 0 Å². The van der Waals surface area contributed by atoms with Crippen LogP contribution in [0.2, 0.25) is 0 Å². The van der Waals surface area contributed by atoms with E-state index < -0.39 is 0 Å². The quantitative estimate of drug-likeness (QED) is 0.705. The molecule has 1 aliphatic heterocycles. The lowest BCUT2D eigenvalue weighted by atomic mass is 10.1. The normalized spacial score (nSPS) is 21.7. The monoisotopic (exact) mass is 212 g/mol. The van der Waals surface area contributed by atoms with Crippen molar-refractivity contribution >= 4 is 5.91 Å². The van der Waals surface area contributed by atoms with Crippen molar-refractivity contribution in [2.45, 2.75) is 51.5 Å². The summed E-state index contributed by atoms with van der Waals surface area (Å²) in [7, 11) is 1.98. The smallest absolute Gasteiger partial charge is 0.222 e. The molecule has 1 heterocycles. The van der Waals surface area contributed by atoms with Crippen LogP contribution in [0.3, 0.4) is 0 Å². The van der Waals surface area contributed by atoms with Crippen LogP contribution < -0.4 is 5.32 Å². The number of nitrogens with zero attached hydrogens (tertiary/aromatic N) is 1. The van der Waals surface area contributed by atoms with Gasteiger partial charge in [0.05, 0.1) is 0 Å². The first kappa shape index (κ1) is 12.5. The first-order valence-electron chi connectivity index (χ1n) is 6.23. The second kappa shape index (κ2) is 6.83. The fourth-order valence-electron chi connectivity index (χ4n) is 2.12. The number of piperidine rings is 1. The Morgan fingerprint density at radius 2 is 2.27 bits per heavy atom. The molecule has 0 spiro atoms. The van der Waals surface area contributed by atoms with Gasteiger partial charge in [0.15, 0.2) is 0 Å². The zero-order valence-corrected chi connectivity index (χ0v) is 10.1. The summed E-state index contributed by atoms with van der Waals surface area (Å²) in [6, 6.07) is 0.508. The first-order valence-corrected chi connectivity index (χ1v) is 6.23. The van der Waals surface area contributed by atoms with E-state index in [0.717, 1.165) is 32.4 Å². The Hall–Kier alpha value is -0.570.